The first-order valence-corrected chi connectivity index (χ1v) is 13.0. The van der Waals surface area contributed by atoms with E-state index in [2.05, 4.69) is 80.0 Å². The third-order valence-corrected chi connectivity index (χ3v) is 8.48. The SMILES string of the molecule is Cc1ccc2c(c1)C1(CCN(Cc3ccc(C(C)(C)C)cc3)CC1)CN2C(=O)C1CCCC1. The van der Waals surface area contributed by atoms with Gasteiger partial charge in [-0.1, -0.05) is 75.6 Å². The Morgan fingerprint density at radius 2 is 1.67 bits per heavy atom. The Morgan fingerprint density at radius 3 is 2.30 bits per heavy atom. The molecule has 2 aromatic rings. The lowest BCUT2D eigenvalue weighted by Gasteiger charge is -2.40. The van der Waals surface area contributed by atoms with Crippen LogP contribution in [-0.2, 0) is 22.2 Å². The Balaban J connectivity index is 1.30. The van der Waals surface area contributed by atoms with Crippen LogP contribution in [0.2, 0.25) is 0 Å². The second-order valence-electron chi connectivity index (χ2n) is 11.9. The molecule has 0 N–H and O–H groups in total. The minimum atomic E-state index is 0.127. The number of fused-ring (bicyclic) bond motifs is 2. The van der Waals surface area contributed by atoms with Gasteiger partial charge in [-0.3, -0.25) is 9.69 Å². The van der Waals surface area contributed by atoms with Crippen molar-refractivity contribution in [2.75, 3.05) is 24.5 Å². The van der Waals surface area contributed by atoms with Crippen LogP contribution in [-0.4, -0.2) is 30.4 Å². The van der Waals surface area contributed by atoms with Crippen LogP contribution in [0.4, 0.5) is 5.69 Å². The lowest BCUT2D eigenvalue weighted by molar-refractivity contribution is -0.122. The van der Waals surface area contributed by atoms with Gasteiger partial charge in [-0.2, -0.15) is 0 Å². The number of hydrogen-bond acceptors (Lipinski definition) is 2. The molecule has 2 aliphatic heterocycles. The number of carbonyl (C=O) groups is 1. The van der Waals surface area contributed by atoms with Crippen LogP contribution in [0.25, 0.3) is 0 Å². The Kier molecular flexibility index (Phi) is 5.89. The highest BCUT2D eigenvalue weighted by atomic mass is 16.2. The standard InChI is InChI=1S/C30H40N2O/c1-22-9-14-27-26(19-22)30(21-32(27)28(33)24-7-5-6-8-24)15-17-31(18-16-30)20-23-10-12-25(13-11-23)29(2,3)4/h9-14,19,24H,5-8,15-18,20-21H2,1-4H3. The highest BCUT2D eigenvalue weighted by molar-refractivity contribution is 5.98. The Hall–Kier alpha value is -2.13. The molecular formula is C30H40N2O. The quantitative estimate of drug-likeness (QED) is 0.550. The maximum absolute atomic E-state index is 13.4. The van der Waals surface area contributed by atoms with Crippen molar-refractivity contribution in [2.45, 2.75) is 83.6 Å². The van der Waals surface area contributed by atoms with Gasteiger partial charge in [-0.15, -0.1) is 0 Å². The summed E-state index contributed by atoms with van der Waals surface area (Å²) in [5, 5.41) is 0. The van der Waals surface area contributed by atoms with E-state index in [1.165, 1.54) is 40.8 Å². The summed E-state index contributed by atoms with van der Waals surface area (Å²) in [6.45, 7) is 13.1. The van der Waals surface area contributed by atoms with Crippen LogP contribution in [0.15, 0.2) is 42.5 Å². The van der Waals surface area contributed by atoms with Gasteiger partial charge < -0.3 is 4.90 Å². The number of hydrogen-bond donors (Lipinski definition) is 0. The van der Waals surface area contributed by atoms with Gasteiger partial charge in [0.25, 0.3) is 0 Å². The summed E-state index contributed by atoms with van der Waals surface area (Å²) >= 11 is 0. The Labute approximate surface area is 200 Å². The zero-order valence-electron chi connectivity index (χ0n) is 21.0. The van der Waals surface area contributed by atoms with Crippen molar-refractivity contribution in [1.29, 1.82) is 0 Å². The smallest absolute Gasteiger partial charge is 0.230 e. The summed E-state index contributed by atoms with van der Waals surface area (Å²) in [7, 11) is 0. The maximum Gasteiger partial charge on any atom is 0.230 e. The molecule has 33 heavy (non-hydrogen) atoms. The van der Waals surface area contributed by atoms with Crippen LogP contribution in [0.1, 0.15) is 81.5 Å². The molecule has 0 atom stereocenters. The van der Waals surface area contributed by atoms with E-state index in [0.29, 0.717) is 5.91 Å². The van der Waals surface area contributed by atoms with Crippen LogP contribution in [0.5, 0.6) is 0 Å². The lowest BCUT2D eigenvalue weighted by atomic mass is 9.74. The normalized spacial score (nSPS) is 21.0. The lowest BCUT2D eigenvalue weighted by Crippen LogP contribution is -2.46. The monoisotopic (exact) mass is 444 g/mol. The van der Waals surface area contributed by atoms with Crippen molar-refractivity contribution in [1.82, 2.24) is 4.90 Å². The van der Waals surface area contributed by atoms with Gasteiger partial charge in [-0.05, 0) is 73.9 Å². The number of anilines is 1. The average Bonchev–Trinajstić information content (AvgIpc) is 3.42. The fourth-order valence-corrected chi connectivity index (χ4v) is 6.31. The summed E-state index contributed by atoms with van der Waals surface area (Å²) in [6.07, 6.45) is 6.84. The molecule has 0 unspecified atom stereocenters. The molecule has 3 heteroatoms. The largest absolute Gasteiger partial charge is 0.311 e. The number of aryl methyl sites for hydroxylation is 1. The molecule has 176 valence electrons. The third kappa shape index (κ3) is 4.37. The molecule has 3 nitrogen and oxygen atoms in total. The average molecular weight is 445 g/mol. The molecule has 2 fully saturated rings. The molecule has 3 aliphatic rings. The first kappa shape index (κ1) is 22.7. The molecular weight excluding hydrogens is 404 g/mol. The summed E-state index contributed by atoms with van der Waals surface area (Å²) in [6, 6.07) is 16.0. The molecule has 0 bridgehead atoms. The molecule has 2 aromatic carbocycles. The number of benzene rings is 2. The van der Waals surface area contributed by atoms with Gasteiger partial charge in [0.2, 0.25) is 5.91 Å². The topological polar surface area (TPSA) is 23.6 Å². The highest BCUT2D eigenvalue weighted by Gasteiger charge is 2.47. The van der Waals surface area contributed by atoms with Gasteiger partial charge in [-0.25, -0.2) is 0 Å². The van der Waals surface area contributed by atoms with E-state index >= 15 is 0 Å². The van der Waals surface area contributed by atoms with Crippen LogP contribution >= 0.6 is 0 Å². The molecule has 0 radical (unpaired) electrons. The van der Waals surface area contributed by atoms with Gasteiger partial charge in [0.15, 0.2) is 0 Å². The molecule has 1 saturated carbocycles. The minimum Gasteiger partial charge on any atom is -0.311 e. The highest BCUT2D eigenvalue weighted by Crippen LogP contribution is 2.48. The Morgan fingerprint density at radius 1 is 1.00 bits per heavy atom. The second kappa shape index (κ2) is 8.58. The maximum atomic E-state index is 13.4. The number of piperidine rings is 1. The fraction of sp³-hybridized carbons (Fsp3) is 0.567. The van der Waals surface area contributed by atoms with E-state index in [1.807, 2.05) is 0 Å². The van der Waals surface area contributed by atoms with Gasteiger partial charge in [0, 0.05) is 30.1 Å². The second-order valence-corrected chi connectivity index (χ2v) is 11.9. The van der Waals surface area contributed by atoms with E-state index in [-0.39, 0.29) is 16.7 Å². The molecule has 5 rings (SSSR count). The number of likely N-dealkylation sites (tertiary alicyclic amines) is 1. The van der Waals surface area contributed by atoms with Gasteiger partial charge in [0.05, 0.1) is 0 Å². The van der Waals surface area contributed by atoms with Gasteiger partial charge in [0.1, 0.15) is 0 Å². The number of carbonyl (C=O) groups excluding carboxylic acids is 1. The summed E-state index contributed by atoms with van der Waals surface area (Å²) in [5.41, 5.74) is 7.07. The van der Waals surface area contributed by atoms with Crippen molar-refractivity contribution in [3.8, 4) is 0 Å². The molecule has 1 amide bonds. The molecule has 1 spiro atoms. The summed E-state index contributed by atoms with van der Waals surface area (Å²) in [5.74, 6) is 0.626. The molecule has 1 saturated heterocycles. The fourth-order valence-electron chi connectivity index (χ4n) is 6.31. The number of nitrogens with zero attached hydrogens (tertiary/aromatic N) is 2. The first-order valence-electron chi connectivity index (χ1n) is 13.0. The predicted octanol–water partition coefficient (Wildman–Crippen LogP) is 6.36. The van der Waals surface area contributed by atoms with Crippen molar-refractivity contribution in [3.63, 3.8) is 0 Å². The summed E-state index contributed by atoms with van der Waals surface area (Å²) in [4.78, 5) is 18.2. The van der Waals surface area contributed by atoms with Crippen molar-refractivity contribution in [3.05, 3.63) is 64.7 Å². The zero-order chi connectivity index (χ0) is 23.2. The van der Waals surface area contributed by atoms with Gasteiger partial charge >= 0.3 is 0 Å². The predicted molar refractivity (Wildman–Crippen MR) is 137 cm³/mol. The number of amides is 1. The third-order valence-electron chi connectivity index (χ3n) is 8.48. The van der Waals surface area contributed by atoms with Crippen LogP contribution in [0, 0.1) is 12.8 Å². The zero-order valence-corrected chi connectivity index (χ0v) is 21.0. The molecule has 2 heterocycles. The Bertz CT molecular complexity index is 1000. The van der Waals surface area contributed by atoms with Crippen LogP contribution < -0.4 is 4.90 Å². The van der Waals surface area contributed by atoms with Crippen molar-refractivity contribution < 1.29 is 4.79 Å². The molecule has 0 aromatic heterocycles. The van der Waals surface area contributed by atoms with E-state index in [0.717, 1.165) is 51.9 Å². The van der Waals surface area contributed by atoms with E-state index in [1.54, 1.807) is 0 Å². The minimum absolute atomic E-state index is 0.127. The van der Waals surface area contributed by atoms with E-state index < -0.39 is 0 Å². The van der Waals surface area contributed by atoms with E-state index in [9.17, 15) is 4.79 Å². The molecule has 1 aliphatic carbocycles. The first-order chi connectivity index (χ1) is 15.7. The van der Waals surface area contributed by atoms with Crippen LogP contribution in [0.3, 0.4) is 0 Å². The van der Waals surface area contributed by atoms with Crippen molar-refractivity contribution >= 4 is 11.6 Å². The van der Waals surface area contributed by atoms with E-state index in [4.69, 9.17) is 0 Å². The number of rotatable bonds is 3. The summed E-state index contributed by atoms with van der Waals surface area (Å²) < 4.78 is 0. The van der Waals surface area contributed by atoms with Crippen molar-refractivity contribution in [2.24, 2.45) is 5.92 Å².